The van der Waals surface area contributed by atoms with Gasteiger partial charge in [0.15, 0.2) is 5.84 Å². The van der Waals surface area contributed by atoms with Gasteiger partial charge in [-0.15, -0.1) is 0 Å². The molecule has 1 aliphatic rings. The molecule has 18 heavy (non-hydrogen) atoms. The van der Waals surface area contributed by atoms with Gasteiger partial charge in [-0.3, -0.25) is 5.41 Å². The first-order valence-corrected chi connectivity index (χ1v) is 5.68. The van der Waals surface area contributed by atoms with Gasteiger partial charge in [0.05, 0.1) is 16.9 Å². The predicted octanol–water partition coefficient (Wildman–Crippen LogP) is 1.53. The van der Waals surface area contributed by atoms with E-state index in [9.17, 15) is 0 Å². The SMILES string of the molecule is Cc1cc(C)n(-c2cccc3c2C(=N)N=C3N)n1. The van der Waals surface area contributed by atoms with Crippen molar-refractivity contribution in [1.82, 2.24) is 9.78 Å². The molecule has 0 saturated carbocycles. The molecular formula is C13H13N5. The minimum atomic E-state index is 0.200. The van der Waals surface area contributed by atoms with Crippen LogP contribution < -0.4 is 5.73 Å². The fourth-order valence-corrected chi connectivity index (χ4v) is 2.29. The lowest BCUT2D eigenvalue weighted by atomic mass is 10.1. The Labute approximate surface area is 104 Å². The molecule has 0 saturated heterocycles. The van der Waals surface area contributed by atoms with Crippen LogP contribution >= 0.6 is 0 Å². The van der Waals surface area contributed by atoms with E-state index in [2.05, 4.69) is 10.1 Å². The second-order valence-electron chi connectivity index (χ2n) is 4.38. The van der Waals surface area contributed by atoms with Crippen molar-refractivity contribution in [3.63, 3.8) is 0 Å². The summed E-state index contributed by atoms with van der Waals surface area (Å²) in [5, 5.41) is 12.4. The first-order valence-electron chi connectivity index (χ1n) is 5.68. The monoisotopic (exact) mass is 239 g/mol. The molecule has 0 unspecified atom stereocenters. The maximum Gasteiger partial charge on any atom is 0.157 e. The fraction of sp³-hybridized carbons (Fsp3) is 0.154. The van der Waals surface area contributed by atoms with Gasteiger partial charge in [0.2, 0.25) is 0 Å². The lowest BCUT2D eigenvalue weighted by molar-refractivity contribution is 0.832. The van der Waals surface area contributed by atoms with Gasteiger partial charge in [0.1, 0.15) is 5.84 Å². The summed E-state index contributed by atoms with van der Waals surface area (Å²) in [5.41, 5.74) is 10.2. The molecule has 0 amide bonds. The number of rotatable bonds is 1. The zero-order valence-electron chi connectivity index (χ0n) is 10.2. The van der Waals surface area contributed by atoms with Crippen LogP contribution in [0.1, 0.15) is 22.5 Å². The highest BCUT2D eigenvalue weighted by molar-refractivity contribution is 6.22. The Morgan fingerprint density at radius 1 is 1.28 bits per heavy atom. The second kappa shape index (κ2) is 3.53. The second-order valence-corrected chi connectivity index (χ2v) is 4.38. The Bertz CT molecular complexity index is 693. The predicted molar refractivity (Wildman–Crippen MR) is 70.6 cm³/mol. The Kier molecular flexibility index (Phi) is 2.10. The molecule has 90 valence electrons. The fourth-order valence-electron chi connectivity index (χ4n) is 2.29. The van der Waals surface area contributed by atoms with E-state index in [0.717, 1.165) is 28.2 Å². The molecule has 5 heteroatoms. The van der Waals surface area contributed by atoms with Crippen molar-refractivity contribution in [3.05, 3.63) is 46.8 Å². The van der Waals surface area contributed by atoms with Crippen molar-refractivity contribution in [2.45, 2.75) is 13.8 Å². The molecule has 0 bridgehead atoms. The number of nitrogens with zero attached hydrogens (tertiary/aromatic N) is 3. The Morgan fingerprint density at radius 2 is 2.06 bits per heavy atom. The van der Waals surface area contributed by atoms with E-state index in [4.69, 9.17) is 11.1 Å². The number of nitrogens with one attached hydrogen (secondary N) is 1. The molecule has 1 aromatic carbocycles. The molecule has 1 aliphatic heterocycles. The lowest BCUT2D eigenvalue weighted by Gasteiger charge is -2.09. The summed E-state index contributed by atoms with van der Waals surface area (Å²) in [4.78, 5) is 4.02. The smallest absolute Gasteiger partial charge is 0.157 e. The summed E-state index contributed by atoms with van der Waals surface area (Å²) in [6.45, 7) is 3.94. The third-order valence-corrected chi connectivity index (χ3v) is 3.03. The molecule has 0 spiro atoms. The maximum atomic E-state index is 7.92. The van der Waals surface area contributed by atoms with E-state index in [1.807, 2.05) is 42.8 Å². The van der Waals surface area contributed by atoms with Crippen LogP contribution in [0.15, 0.2) is 29.3 Å². The molecule has 2 heterocycles. The third-order valence-electron chi connectivity index (χ3n) is 3.03. The highest BCUT2D eigenvalue weighted by Gasteiger charge is 2.23. The Hall–Kier alpha value is -2.43. The lowest BCUT2D eigenvalue weighted by Crippen LogP contribution is -2.12. The summed E-state index contributed by atoms with van der Waals surface area (Å²) >= 11 is 0. The first-order chi connectivity index (χ1) is 8.58. The summed E-state index contributed by atoms with van der Waals surface area (Å²) in [5.74, 6) is 0.601. The molecule has 0 aliphatic carbocycles. The molecule has 5 nitrogen and oxygen atoms in total. The van der Waals surface area contributed by atoms with Crippen LogP contribution in [0.4, 0.5) is 0 Å². The van der Waals surface area contributed by atoms with Crippen LogP contribution in [-0.2, 0) is 0 Å². The van der Waals surface area contributed by atoms with Crippen LogP contribution in [0.2, 0.25) is 0 Å². The van der Waals surface area contributed by atoms with E-state index in [1.54, 1.807) is 0 Å². The van der Waals surface area contributed by atoms with Crippen LogP contribution in [0.25, 0.3) is 5.69 Å². The normalized spacial score (nSPS) is 13.7. The van der Waals surface area contributed by atoms with Gasteiger partial charge < -0.3 is 5.73 Å². The topological polar surface area (TPSA) is 80.0 Å². The molecule has 3 N–H and O–H groups in total. The van der Waals surface area contributed by atoms with Gasteiger partial charge in [0, 0.05) is 11.3 Å². The molecule has 0 radical (unpaired) electrons. The van der Waals surface area contributed by atoms with Crippen LogP contribution in [0.3, 0.4) is 0 Å². The third kappa shape index (κ3) is 1.37. The number of benzene rings is 1. The van der Waals surface area contributed by atoms with Crippen molar-refractivity contribution < 1.29 is 0 Å². The van der Waals surface area contributed by atoms with Gasteiger partial charge in [-0.05, 0) is 26.0 Å². The summed E-state index contributed by atoms with van der Waals surface area (Å²) in [7, 11) is 0. The summed E-state index contributed by atoms with van der Waals surface area (Å²) in [6.07, 6.45) is 0. The number of aromatic nitrogens is 2. The number of aryl methyl sites for hydroxylation is 2. The Morgan fingerprint density at radius 3 is 2.72 bits per heavy atom. The number of hydrogen-bond donors (Lipinski definition) is 2. The minimum Gasteiger partial charge on any atom is -0.383 e. The largest absolute Gasteiger partial charge is 0.383 e. The van der Waals surface area contributed by atoms with E-state index in [-0.39, 0.29) is 5.84 Å². The summed E-state index contributed by atoms with van der Waals surface area (Å²) < 4.78 is 1.83. The number of hydrogen-bond acceptors (Lipinski definition) is 3. The molecule has 1 aromatic heterocycles. The number of aliphatic imine (C=N–C) groups is 1. The van der Waals surface area contributed by atoms with E-state index >= 15 is 0 Å². The van der Waals surface area contributed by atoms with Crippen LogP contribution in [0, 0.1) is 19.3 Å². The first kappa shape index (κ1) is 10.7. The molecule has 3 rings (SSSR count). The van der Waals surface area contributed by atoms with E-state index in [0.29, 0.717) is 5.84 Å². The zero-order chi connectivity index (χ0) is 12.9. The zero-order valence-corrected chi connectivity index (χ0v) is 10.2. The maximum absolute atomic E-state index is 7.92. The van der Waals surface area contributed by atoms with Crippen molar-refractivity contribution in [2.75, 3.05) is 0 Å². The van der Waals surface area contributed by atoms with Gasteiger partial charge in [-0.1, -0.05) is 12.1 Å². The van der Waals surface area contributed by atoms with Crippen molar-refractivity contribution in [1.29, 1.82) is 5.41 Å². The Balaban J connectivity index is 2.28. The van der Waals surface area contributed by atoms with E-state index in [1.165, 1.54) is 0 Å². The summed E-state index contributed by atoms with van der Waals surface area (Å²) in [6, 6.07) is 7.72. The van der Waals surface area contributed by atoms with Gasteiger partial charge in [-0.25, -0.2) is 9.67 Å². The van der Waals surface area contributed by atoms with E-state index < -0.39 is 0 Å². The van der Waals surface area contributed by atoms with Crippen molar-refractivity contribution in [3.8, 4) is 5.69 Å². The van der Waals surface area contributed by atoms with Crippen molar-refractivity contribution in [2.24, 2.45) is 10.7 Å². The average molecular weight is 239 g/mol. The standard InChI is InChI=1S/C13H13N5/c1-7-6-8(2)18(17-7)10-5-3-4-9-11(10)13(15)16-12(9)14/h3-6H,1-2H3,(H3,14,15,16). The van der Waals surface area contributed by atoms with Gasteiger partial charge in [-0.2, -0.15) is 5.10 Å². The molecule has 2 aromatic rings. The van der Waals surface area contributed by atoms with Crippen molar-refractivity contribution >= 4 is 11.7 Å². The van der Waals surface area contributed by atoms with Crippen LogP contribution in [-0.4, -0.2) is 21.5 Å². The molecule has 0 atom stereocenters. The number of nitrogens with two attached hydrogens (primary N) is 1. The average Bonchev–Trinajstić information content (AvgIpc) is 2.80. The number of amidine groups is 2. The molecule has 0 fully saturated rings. The number of fused-ring (bicyclic) bond motifs is 1. The minimum absolute atomic E-state index is 0.200. The quantitative estimate of drug-likeness (QED) is 0.791. The highest BCUT2D eigenvalue weighted by Crippen LogP contribution is 2.25. The molecular weight excluding hydrogens is 226 g/mol. The van der Waals surface area contributed by atoms with Crippen LogP contribution in [0.5, 0.6) is 0 Å². The highest BCUT2D eigenvalue weighted by atomic mass is 15.3. The van der Waals surface area contributed by atoms with Gasteiger partial charge in [0.25, 0.3) is 0 Å². The van der Waals surface area contributed by atoms with Gasteiger partial charge >= 0.3 is 0 Å².